The third-order valence-corrected chi connectivity index (χ3v) is 3.84. The van der Waals surface area contributed by atoms with Gasteiger partial charge in [-0.15, -0.1) is 0 Å². The summed E-state index contributed by atoms with van der Waals surface area (Å²) in [6, 6.07) is 2.07. The smallest absolute Gasteiger partial charge is 0.370 e. The van der Waals surface area contributed by atoms with Gasteiger partial charge in [0.15, 0.2) is 0 Å². The molecule has 0 spiro atoms. The van der Waals surface area contributed by atoms with Gasteiger partial charge in [-0.3, -0.25) is 0 Å². The van der Waals surface area contributed by atoms with Gasteiger partial charge in [0.2, 0.25) is 0 Å². The van der Waals surface area contributed by atoms with Crippen molar-refractivity contribution in [1.29, 1.82) is 0 Å². The molecule has 1 saturated carbocycles. The highest BCUT2D eigenvalue weighted by atomic mass is 19.4. The molecule has 0 unspecified atom stereocenters. The van der Waals surface area contributed by atoms with Gasteiger partial charge in [0, 0.05) is 12.7 Å². The van der Waals surface area contributed by atoms with E-state index in [1.165, 1.54) is 25.5 Å². The Labute approximate surface area is 111 Å². The van der Waals surface area contributed by atoms with Gasteiger partial charge >= 0.3 is 6.18 Å². The molecular formula is C14H19F3N2. The molecule has 1 fully saturated rings. The molecule has 0 amide bonds. The number of alkyl halides is 3. The molecule has 0 bridgehead atoms. The number of nitrogens with one attached hydrogen (secondary N) is 1. The third kappa shape index (κ3) is 3.85. The van der Waals surface area contributed by atoms with E-state index >= 15 is 0 Å². The SMILES string of the molecule is CC1(CNc2cc(C(F)(F)F)ccn2)CCCCC1. The number of aromatic nitrogens is 1. The van der Waals surface area contributed by atoms with E-state index in [4.69, 9.17) is 0 Å². The summed E-state index contributed by atoms with van der Waals surface area (Å²) < 4.78 is 37.7. The van der Waals surface area contributed by atoms with Crippen molar-refractivity contribution < 1.29 is 13.2 Å². The summed E-state index contributed by atoms with van der Waals surface area (Å²) in [5.41, 5.74) is -0.479. The number of hydrogen-bond acceptors (Lipinski definition) is 2. The lowest BCUT2D eigenvalue weighted by atomic mass is 9.76. The molecule has 1 heterocycles. The van der Waals surface area contributed by atoms with Crippen LogP contribution in [0.1, 0.15) is 44.6 Å². The number of hydrogen-bond donors (Lipinski definition) is 1. The van der Waals surface area contributed by atoms with Crippen molar-refractivity contribution in [3.63, 3.8) is 0 Å². The van der Waals surface area contributed by atoms with Gasteiger partial charge in [0.25, 0.3) is 0 Å². The maximum absolute atomic E-state index is 12.6. The molecule has 1 aliphatic rings. The molecule has 1 aromatic heterocycles. The van der Waals surface area contributed by atoms with Gasteiger partial charge in [-0.1, -0.05) is 26.2 Å². The highest BCUT2D eigenvalue weighted by Gasteiger charge is 2.31. The first kappa shape index (κ1) is 14.2. The summed E-state index contributed by atoms with van der Waals surface area (Å²) in [7, 11) is 0. The van der Waals surface area contributed by atoms with E-state index in [0.717, 1.165) is 25.0 Å². The maximum Gasteiger partial charge on any atom is 0.416 e. The Hall–Kier alpha value is -1.26. The lowest BCUT2D eigenvalue weighted by Crippen LogP contribution is -2.29. The molecule has 0 radical (unpaired) electrons. The van der Waals surface area contributed by atoms with Crippen LogP contribution in [0.4, 0.5) is 19.0 Å². The Kier molecular flexibility index (Phi) is 4.02. The highest BCUT2D eigenvalue weighted by Crippen LogP contribution is 2.36. The van der Waals surface area contributed by atoms with Crippen LogP contribution in [0.15, 0.2) is 18.3 Å². The van der Waals surface area contributed by atoms with Crippen LogP contribution in [0.25, 0.3) is 0 Å². The highest BCUT2D eigenvalue weighted by molar-refractivity contribution is 5.38. The van der Waals surface area contributed by atoms with Crippen molar-refractivity contribution >= 4 is 5.82 Å². The summed E-state index contributed by atoms with van der Waals surface area (Å²) >= 11 is 0. The second-order valence-electron chi connectivity index (χ2n) is 5.65. The average molecular weight is 272 g/mol. The molecule has 19 heavy (non-hydrogen) atoms. The van der Waals surface area contributed by atoms with Gasteiger partial charge in [0.05, 0.1) is 5.56 Å². The first-order chi connectivity index (χ1) is 8.89. The number of rotatable bonds is 3. The number of nitrogens with zero attached hydrogens (tertiary/aromatic N) is 1. The van der Waals surface area contributed by atoms with Gasteiger partial charge < -0.3 is 5.32 Å². The molecule has 0 aromatic carbocycles. The van der Waals surface area contributed by atoms with Crippen LogP contribution >= 0.6 is 0 Å². The van der Waals surface area contributed by atoms with E-state index < -0.39 is 11.7 Å². The lowest BCUT2D eigenvalue weighted by Gasteiger charge is -2.33. The molecule has 1 N–H and O–H groups in total. The third-order valence-electron chi connectivity index (χ3n) is 3.84. The van der Waals surface area contributed by atoms with Crippen LogP contribution in [-0.2, 0) is 6.18 Å². The second-order valence-corrected chi connectivity index (χ2v) is 5.65. The summed E-state index contributed by atoms with van der Waals surface area (Å²) in [6.07, 6.45) is 2.81. The Morgan fingerprint density at radius 1 is 1.26 bits per heavy atom. The van der Waals surface area contributed by atoms with Gasteiger partial charge in [0.1, 0.15) is 5.82 Å². The van der Waals surface area contributed by atoms with E-state index in [2.05, 4.69) is 17.2 Å². The van der Waals surface area contributed by atoms with Crippen LogP contribution < -0.4 is 5.32 Å². The minimum Gasteiger partial charge on any atom is -0.370 e. The van der Waals surface area contributed by atoms with Crippen LogP contribution in [-0.4, -0.2) is 11.5 Å². The largest absolute Gasteiger partial charge is 0.416 e. The first-order valence-corrected chi connectivity index (χ1v) is 6.66. The monoisotopic (exact) mass is 272 g/mol. The molecule has 0 saturated heterocycles. The number of pyridine rings is 1. The van der Waals surface area contributed by atoms with Crippen LogP contribution in [0.3, 0.4) is 0 Å². The van der Waals surface area contributed by atoms with E-state index in [1.807, 2.05) is 0 Å². The van der Waals surface area contributed by atoms with Gasteiger partial charge in [-0.25, -0.2) is 4.98 Å². The van der Waals surface area contributed by atoms with E-state index in [0.29, 0.717) is 12.4 Å². The van der Waals surface area contributed by atoms with Crippen molar-refractivity contribution in [3.05, 3.63) is 23.9 Å². The predicted octanol–water partition coefficient (Wildman–Crippen LogP) is 4.48. The van der Waals surface area contributed by atoms with Crippen LogP contribution in [0.5, 0.6) is 0 Å². The van der Waals surface area contributed by atoms with Crippen LogP contribution in [0, 0.1) is 5.41 Å². The molecule has 5 heteroatoms. The normalized spacial score (nSPS) is 19.2. The zero-order chi connectivity index (χ0) is 13.9. The van der Waals surface area contributed by atoms with Crippen molar-refractivity contribution in [2.75, 3.05) is 11.9 Å². The zero-order valence-corrected chi connectivity index (χ0v) is 11.1. The van der Waals surface area contributed by atoms with Crippen LogP contribution in [0.2, 0.25) is 0 Å². The molecule has 106 valence electrons. The molecule has 0 atom stereocenters. The summed E-state index contributed by atoms with van der Waals surface area (Å²) in [5.74, 6) is 0.307. The molecule has 2 rings (SSSR count). The molecule has 1 aliphatic carbocycles. The van der Waals surface area contributed by atoms with Crippen molar-refractivity contribution in [1.82, 2.24) is 4.98 Å². The lowest BCUT2D eigenvalue weighted by molar-refractivity contribution is -0.137. The Bertz CT molecular complexity index is 423. The second kappa shape index (κ2) is 5.39. The van der Waals surface area contributed by atoms with Crippen molar-refractivity contribution in [2.45, 2.75) is 45.2 Å². The standard InChI is InChI=1S/C14H19F3N2/c1-13(6-3-2-4-7-13)10-19-12-9-11(5-8-18-12)14(15,16)17/h5,8-9H,2-4,6-7,10H2,1H3,(H,18,19). The van der Waals surface area contributed by atoms with Crippen molar-refractivity contribution in [2.24, 2.45) is 5.41 Å². The molecule has 2 nitrogen and oxygen atoms in total. The number of halogens is 3. The average Bonchev–Trinajstić information content (AvgIpc) is 2.37. The van der Waals surface area contributed by atoms with E-state index in [1.54, 1.807) is 0 Å². The van der Waals surface area contributed by atoms with E-state index in [9.17, 15) is 13.2 Å². The molecule has 0 aliphatic heterocycles. The van der Waals surface area contributed by atoms with Gasteiger partial charge in [-0.2, -0.15) is 13.2 Å². The minimum atomic E-state index is -4.31. The fourth-order valence-electron chi connectivity index (χ4n) is 2.59. The quantitative estimate of drug-likeness (QED) is 0.877. The summed E-state index contributed by atoms with van der Waals surface area (Å²) in [6.45, 7) is 2.87. The summed E-state index contributed by atoms with van der Waals surface area (Å²) in [4.78, 5) is 3.96. The maximum atomic E-state index is 12.6. The first-order valence-electron chi connectivity index (χ1n) is 6.66. The zero-order valence-electron chi connectivity index (χ0n) is 11.1. The van der Waals surface area contributed by atoms with Crippen molar-refractivity contribution in [3.8, 4) is 0 Å². The Morgan fingerprint density at radius 2 is 1.95 bits per heavy atom. The fraction of sp³-hybridized carbons (Fsp3) is 0.643. The Balaban J connectivity index is 1.99. The predicted molar refractivity (Wildman–Crippen MR) is 68.9 cm³/mol. The molecular weight excluding hydrogens is 253 g/mol. The topological polar surface area (TPSA) is 24.9 Å². The van der Waals surface area contributed by atoms with Gasteiger partial charge in [-0.05, 0) is 30.4 Å². The Morgan fingerprint density at radius 3 is 2.58 bits per heavy atom. The molecule has 1 aromatic rings. The fourth-order valence-corrected chi connectivity index (χ4v) is 2.59. The minimum absolute atomic E-state index is 0.175. The number of anilines is 1. The summed E-state index contributed by atoms with van der Waals surface area (Å²) in [5, 5.41) is 3.06. The van der Waals surface area contributed by atoms with E-state index in [-0.39, 0.29) is 5.41 Å².